The zero-order valence-corrected chi connectivity index (χ0v) is 17.7. The highest BCUT2D eigenvalue weighted by Gasteiger charge is 2.35. The summed E-state index contributed by atoms with van der Waals surface area (Å²) < 4.78 is 18.0. The third kappa shape index (κ3) is 3.43. The van der Waals surface area contributed by atoms with Crippen LogP contribution in [0.3, 0.4) is 0 Å². The van der Waals surface area contributed by atoms with Crippen LogP contribution in [0, 0.1) is 0 Å². The van der Waals surface area contributed by atoms with Crippen LogP contribution < -0.4 is 25.3 Å². The van der Waals surface area contributed by atoms with Crippen LogP contribution in [0.2, 0.25) is 0 Å². The number of fused-ring (bicyclic) bond motifs is 1. The van der Waals surface area contributed by atoms with E-state index in [4.69, 9.17) is 25.0 Å². The molecule has 31 heavy (non-hydrogen) atoms. The van der Waals surface area contributed by atoms with Gasteiger partial charge >= 0.3 is 0 Å². The number of rotatable bonds is 6. The summed E-state index contributed by atoms with van der Waals surface area (Å²) in [5.74, 6) is 2.18. The van der Waals surface area contributed by atoms with Crippen LogP contribution in [0.5, 0.6) is 17.2 Å². The molecule has 0 fully saturated rings. The van der Waals surface area contributed by atoms with Crippen molar-refractivity contribution in [3.8, 4) is 28.6 Å². The molecule has 1 aromatic heterocycles. The second-order valence-corrected chi connectivity index (χ2v) is 6.94. The van der Waals surface area contributed by atoms with E-state index < -0.39 is 11.9 Å². The van der Waals surface area contributed by atoms with Gasteiger partial charge in [0.05, 0.1) is 32.5 Å². The number of hydrogen-bond donors (Lipinski definition) is 2. The normalized spacial score (nSPS) is 15.2. The molecule has 160 valence electrons. The van der Waals surface area contributed by atoms with Crippen molar-refractivity contribution in [2.45, 2.75) is 13.0 Å². The number of hydrogen-bond acceptors (Lipinski definition) is 7. The molecule has 2 heterocycles. The van der Waals surface area contributed by atoms with Crippen LogP contribution in [-0.4, -0.2) is 42.0 Å². The number of anilines is 1. The lowest BCUT2D eigenvalue weighted by Crippen LogP contribution is -2.32. The zero-order chi connectivity index (χ0) is 22.1. The summed E-state index contributed by atoms with van der Waals surface area (Å²) in [5.41, 5.74) is 8.17. The molecule has 3 aromatic rings. The number of carbonyl (C=O) groups excluding carboxylic acids is 1. The van der Waals surface area contributed by atoms with E-state index in [-0.39, 0.29) is 0 Å². The zero-order valence-electron chi connectivity index (χ0n) is 17.7. The molecule has 1 unspecified atom stereocenters. The van der Waals surface area contributed by atoms with Gasteiger partial charge in [0.1, 0.15) is 23.3 Å². The van der Waals surface area contributed by atoms with Gasteiger partial charge in [-0.3, -0.25) is 4.79 Å². The smallest absolute Gasteiger partial charge is 0.248 e. The highest BCUT2D eigenvalue weighted by molar-refractivity contribution is 5.95. The largest absolute Gasteiger partial charge is 0.497 e. The number of nitrogens with two attached hydrogens (primary N) is 1. The summed E-state index contributed by atoms with van der Waals surface area (Å²) in [4.78, 5) is 17.1. The van der Waals surface area contributed by atoms with Gasteiger partial charge in [0, 0.05) is 17.3 Å². The minimum Gasteiger partial charge on any atom is -0.497 e. The number of aromatic nitrogens is 3. The van der Waals surface area contributed by atoms with Crippen molar-refractivity contribution in [1.29, 1.82) is 0 Å². The molecule has 2 aromatic carbocycles. The summed E-state index contributed by atoms with van der Waals surface area (Å²) in [5, 5.41) is 7.85. The summed E-state index contributed by atoms with van der Waals surface area (Å²) in [6.45, 7) is 1.78. The van der Waals surface area contributed by atoms with E-state index in [9.17, 15) is 4.79 Å². The van der Waals surface area contributed by atoms with Gasteiger partial charge in [0.25, 0.3) is 0 Å². The fourth-order valence-electron chi connectivity index (χ4n) is 3.75. The molecule has 3 N–H and O–H groups in total. The SMILES string of the molecule is COc1ccc(C2C(C(N)=O)=C(C)Nc3nc(-c4ccccc4OC)nn32)c(OC)c1. The number of nitrogens with zero attached hydrogens (tertiary/aromatic N) is 3. The predicted octanol–water partition coefficient (Wildman–Crippen LogP) is 2.75. The van der Waals surface area contributed by atoms with E-state index in [0.717, 1.165) is 5.56 Å². The maximum absolute atomic E-state index is 12.4. The van der Waals surface area contributed by atoms with Crippen LogP contribution in [-0.2, 0) is 4.79 Å². The van der Waals surface area contributed by atoms with Gasteiger partial charge in [-0.05, 0) is 31.2 Å². The molecule has 0 saturated carbocycles. The molecule has 1 aliphatic rings. The quantitative estimate of drug-likeness (QED) is 0.629. The Morgan fingerprint density at radius 1 is 1.06 bits per heavy atom. The Hall–Kier alpha value is -4.01. The van der Waals surface area contributed by atoms with Gasteiger partial charge in [-0.15, -0.1) is 5.10 Å². The Morgan fingerprint density at radius 2 is 1.81 bits per heavy atom. The number of primary amides is 1. The average molecular weight is 421 g/mol. The van der Waals surface area contributed by atoms with E-state index in [1.54, 1.807) is 45.1 Å². The van der Waals surface area contributed by atoms with E-state index in [1.807, 2.05) is 30.3 Å². The van der Waals surface area contributed by atoms with E-state index >= 15 is 0 Å². The monoisotopic (exact) mass is 421 g/mol. The van der Waals surface area contributed by atoms with Gasteiger partial charge in [-0.2, -0.15) is 4.98 Å². The van der Waals surface area contributed by atoms with Crippen LogP contribution in [0.15, 0.2) is 53.7 Å². The summed E-state index contributed by atoms with van der Waals surface area (Å²) in [6, 6.07) is 12.2. The second kappa shape index (κ2) is 8.02. The van der Waals surface area contributed by atoms with E-state index in [2.05, 4.69) is 10.3 Å². The van der Waals surface area contributed by atoms with Crippen LogP contribution >= 0.6 is 0 Å². The molecule has 1 amide bonds. The molecular formula is C22H23N5O4. The summed E-state index contributed by atoms with van der Waals surface area (Å²) in [7, 11) is 4.73. The molecule has 9 nitrogen and oxygen atoms in total. The average Bonchev–Trinajstić information content (AvgIpc) is 3.20. The molecule has 0 radical (unpaired) electrons. The maximum atomic E-state index is 12.4. The minimum absolute atomic E-state index is 0.368. The van der Waals surface area contributed by atoms with Crippen molar-refractivity contribution >= 4 is 11.9 Å². The van der Waals surface area contributed by atoms with Crippen molar-refractivity contribution in [2.24, 2.45) is 5.73 Å². The molecule has 0 spiro atoms. The molecule has 0 bridgehead atoms. The van der Waals surface area contributed by atoms with Gasteiger partial charge in [0.2, 0.25) is 11.9 Å². The van der Waals surface area contributed by atoms with Crippen LogP contribution in [0.4, 0.5) is 5.95 Å². The minimum atomic E-state index is -0.634. The fourth-order valence-corrected chi connectivity index (χ4v) is 3.75. The number of amides is 1. The van der Waals surface area contributed by atoms with Crippen molar-refractivity contribution in [3.63, 3.8) is 0 Å². The lowest BCUT2D eigenvalue weighted by atomic mass is 9.94. The first kappa shape index (κ1) is 20.3. The lowest BCUT2D eigenvalue weighted by molar-refractivity contribution is -0.115. The summed E-state index contributed by atoms with van der Waals surface area (Å²) >= 11 is 0. The standard InChI is InChI=1S/C22H23N5O4/c1-12-18(20(23)28)19(14-10-9-13(29-2)11-17(14)31-4)27-22(24-12)25-21(26-27)15-7-5-6-8-16(15)30-3/h5-11,19H,1-4H3,(H2,23,28)(H,24,25,26). The van der Waals surface area contributed by atoms with Crippen molar-refractivity contribution in [2.75, 3.05) is 26.6 Å². The van der Waals surface area contributed by atoms with Crippen molar-refractivity contribution in [3.05, 3.63) is 59.3 Å². The van der Waals surface area contributed by atoms with Crippen molar-refractivity contribution in [1.82, 2.24) is 14.8 Å². The molecular weight excluding hydrogens is 398 g/mol. The third-order valence-electron chi connectivity index (χ3n) is 5.20. The first-order chi connectivity index (χ1) is 15.0. The number of benzene rings is 2. The number of nitrogens with one attached hydrogen (secondary N) is 1. The molecule has 0 saturated heterocycles. The van der Waals surface area contributed by atoms with E-state index in [0.29, 0.717) is 45.9 Å². The number of allylic oxidation sites excluding steroid dienone is 1. The second-order valence-electron chi connectivity index (χ2n) is 6.94. The Labute approximate surface area is 179 Å². The first-order valence-corrected chi connectivity index (χ1v) is 9.58. The number of methoxy groups -OCH3 is 3. The van der Waals surface area contributed by atoms with Gasteiger partial charge < -0.3 is 25.3 Å². The molecule has 9 heteroatoms. The number of para-hydroxylation sites is 1. The molecule has 1 atom stereocenters. The maximum Gasteiger partial charge on any atom is 0.248 e. The topological polar surface area (TPSA) is 114 Å². The third-order valence-corrected chi connectivity index (χ3v) is 5.20. The highest BCUT2D eigenvalue weighted by atomic mass is 16.5. The Bertz CT molecular complexity index is 1180. The Morgan fingerprint density at radius 3 is 2.48 bits per heavy atom. The first-order valence-electron chi connectivity index (χ1n) is 9.58. The predicted molar refractivity (Wildman–Crippen MR) is 115 cm³/mol. The molecule has 0 aliphatic carbocycles. The van der Waals surface area contributed by atoms with Crippen LogP contribution in [0.1, 0.15) is 18.5 Å². The fraction of sp³-hybridized carbons (Fsp3) is 0.227. The van der Waals surface area contributed by atoms with E-state index in [1.165, 1.54) is 0 Å². The van der Waals surface area contributed by atoms with Crippen molar-refractivity contribution < 1.29 is 19.0 Å². The van der Waals surface area contributed by atoms with Gasteiger partial charge in [-0.25, -0.2) is 4.68 Å². The number of ether oxygens (including phenoxy) is 3. The molecule has 1 aliphatic heterocycles. The van der Waals surface area contributed by atoms with Gasteiger partial charge in [0.15, 0.2) is 5.82 Å². The summed E-state index contributed by atoms with van der Waals surface area (Å²) in [6.07, 6.45) is 0. The van der Waals surface area contributed by atoms with Crippen LogP contribution in [0.25, 0.3) is 11.4 Å². The molecule has 4 rings (SSSR count). The highest BCUT2D eigenvalue weighted by Crippen LogP contribution is 2.41. The Kier molecular flexibility index (Phi) is 5.24. The lowest BCUT2D eigenvalue weighted by Gasteiger charge is -2.28. The van der Waals surface area contributed by atoms with Gasteiger partial charge in [-0.1, -0.05) is 12.1 Å². The Balaban J connectivity index is 1.93. The number of carbonyl (C=O) groups is 1.